The van der Waals surface area contributed by atoms with Crippen molar-refractivity contribution < 1.29 is 19.1 Å². The summed E-state index contributed by atoms with van der Waals surface area (Å²) in [7, 11) is 0. The van der Waals surface area contributed by atoms with Gasteiger partial charge in [0.25, 0.3) is 11.1 Å². The van der Waals surface area contributed by atoms with Gasteiger partial charge in [0.1, 0.15) is 6.61 Å². The zero-order valence-corrected chi connectivity index (χ0v) is 21.5. The highest BCUT2D eigenvalue weighted by Gasteiger charge is 2.35. The van der Waals surface area contributed by atoms with Crippen LogP contribution < -0.4 is 9.47 Å². The number of rotatable bonds is 8. The summed E-state index contributed by atoms with van der Waals surface area (Å²) in [5.41, 5.74) is 3.48. The maximum absolute atomic E-state index is 13.0. The standard InChI is InChI=1S/C27H23Cl2NO4S/c1-3-33-24-13-18(10-11-23(24)34-16-19-7-4-6-17(2)12-19)14-25-26(31)30(27(32)35-25)15-20-21(28)8-5-9-22(20)29/h4-14H,3,15-16H2,1-2H3/b25-14-. The van der Waals surface area contributed by atoms with Crippen LogP contribution in [0.2, 0.25) is 10.0 Å². The molecule has 1 saturated heterocycles. The molecule has 3 aromatic carbocycles. The summed E-state index contributed by atoms with van der Waals surface area (Å²) in [6.45, 7) is 4.80. The molecular weight excluding hydrogens is 505 g/mol. The van der Waals surface area contributed by atoms with Crippen molar-refractivity contribution >= 4 is 52.2 Å². The fourth-order valence-electron chi connectivity index (χ4n) is 3.59. The molecule has 2 amide bonds. The van der Waals surface area contributed by atoms with Crippen molar-refractivity contribution in [2.75, 3.05) is 6.61 Å². The van der Waals surface area contributed by atoms with Gasteiger partial charge in [0.2, 0.25) is 0 Å². The minimum Gasteiger partial charge on any atom is -0.490 e. The molecule has 3 aromatic rings. The summed E-state index contributed by atoms with van der Waals surface area (Å²) >= 11 is 13.3. The summed E-state index contributed by atoms with van der Waals surface area (Å²) in [6, 6.07) is 18.6. The molecule has 1 aliphatic rings. The maximum Gasteiger partial charge on any atom is 0.293 e. The molecule has 4 rings (SSSR count). The summed E-state index contributed by atoms with van der Waals surface area (Å²) < 4.78 is 11.8. The molecule has 0 aliphatic carbocycles. The minimum absolute atomic E-state index is 0.0104. The normalized spacial score (nSPS) is 14.6. The quantitative estimate of drug-likeness (QED) is 0.283. The van der Waals surface area contributed by atoms with Crippen molar-refractivity contribution in [2.45, 2.75) is 27.0 Å². The van der Waals surface area contributed by atoms with Gasteiger partial charge in [0.05, 0.1) is 18.1 Å². The number of carbonyl (C=O) groups is 2. The first-order valence-corrected chi connectivity index (χ1v) is 12.6. The van der Waals surface area contributed by atoms with Crippen molar-refractivity contribution in [3.05, 3.63) is 97.9 Å². The molecule has 0 spiro atoms. The molecule has 0 atom stereocenters. The lowest BCUT2D eigenvalue weighted by Crippen LogP contribution is -2.27. The fourth-order valence-corrected chi connectivity index (χ4v) is 4.95. The van der Waals surface area contributed by atoms with E-state index in [1.807, 2.05) is 38.1 Å². The third kappa shape index (κ3) is 6.01. The van der Waals surface area contributed by atoms with Gasteiger partial charge in [-0.3, -0.25) is 14.5 Å². The monoisotopic (exact) mass is 527 g/mol. The lowest BCUT2D eigenvalue weighted by atomic mass is 10.1. The van der Waals surface area contributed by atoms with E-state index in [0.717, 1.165) is 33.4 Å². The van der Waals surface area contributed by atoms with Crippen LogP contribution >= 0.6 is 35.0 Å². The second-order valence-electron chi connectivity index (χ2n) is 7.88. The second kappa shape index (κ2) is 11.2. The van der Waals surface area contributed by atoms with Crippen molar-refractivity contribution in [1.82, 2.24) is 4.90 Å². The lowest BCUT2D eigenvalue weighted by molar-refractivity contribution is -0.123. The Hall–Kier alpha value is -2.93. The van der Waals surface area contributed by atoms with Crippen LogP contribution in [-0.4, -0.2) is 22.7 Å². The smallest absolute Gasteiger partial charge is 0.293 e. The number of benzene rings is 3. The van der Waals surface area contributed by atoms with Crippen molar-refractivity contribution in [3.8, 4) is 11.5 Å². The molecule has 0 radical (unpaired) electrons. The Balaban J connectivity index is 1.53. The average molecular weight is 528 g/mol. The first-order valence-electron chi connectivity index (χ1n) is 11.0. The number of amides is 2. The van der Waals surface area contributed by atoms with E-state index in [9.17, 15) is 9.59 Å². The number of aryl methyl sites for hydroxylation is 1. The Labute approximate surface area is 218 Å². The molecule has 1 fully saturated rings. The topological polar surface area (TPSA) is 55.8 Å². The van der Waals surface area contributed by atoms with E-state index < -0.39 is 5.91 Å². The number of nitrogens with zero attached hydrogens (tertiary/aromatic N) is 1. The highest BCUT2D eigenvalue weighted by molar-refractivity contribution is 8.18. The molecule has 35 heavy (non-hydrogen) atoms. The fraction of sp³-hybridized carbons (Fsp3) is 0.185. The van der Waals surface area contributed by atoms with Gasteiger partial charge < -0.3 is 9.47 Å². The number of hydrogen-bond acceptors (Lipinski definition) is 5. The van der Waals surface area contributed by atoms with Gasteiger partial charge >= 0.3 is 0 Å². The van der Waals surface area contributed by atoms with E-state index >= 15 is 0 Å². The number of thioether (sulfide) groups is 1. The van der Waals surface area contributed by atoms with Gasteiger partial charge in [0, 0.05) is 15.6 Å². The van der Waals surface area contributed by atoms with Gasteiger partial charge in [-0.05, 0) is 67.1 Å². The van der Waals surface area contributed by atoms with E-state index in [2.05, 4.69) is 6.07 Å². The largest absolute Gasteiger partial charge is 0.490 e. The van der Waals surface area contributed by atoms with Gasteiger partial charge in [-0.1, -0.05) is 65.2 Å². The van der Waals surface area contributed by atoms with Crippen molar-refractivity contribution in [1.29, 1.82) is 0 Å². The first kappa shape index (κ1) is 25.2. The van der Waals surface area contributed by atoms with Gasteiger partial charge in [-0.2, -0.15) is 0 Å². The van der Waals surface area contributed by atoms with E-state index in [0.29, 0.717) is 45.2 Å². The molecule has 5 nitrogen and oxygen atoms in total. The first-order chi connectivity index (χ1) is 16.9. The van der Waals surface area contributed by atoms with Gasteiger partial charge in [0.15, 0.2) is 11.5 Å². The molecule has 0 aromatic heterocycles. The van der Waals surface area contributed by atoms with Crippen LogP contribution in [0.4, 0.5) is 4.79 Å². The molecule has 0 bridgehead atoms. The van der Waals surface area contributed by atoms with Crippen LogP contribution in [0, 0.1) is 6.92 Å². The molecule has 180 valence electrons. The third-order valence-corrected chi connectivity index (χ3v) is 6.91. The van der Waals surface area contributed by atoms with Crippen molar-refractivity contribution in [2.24, 2.45) is 0 Å². The molecule has 0 N–H and O–H groups in total. The Kier molecular flexibility index (Phi) is 8.06. The average Bonchev–Trinajstić information content (AvgIpc) is 3.08. The summed E-state index contributed by atoms with van der Waals surface area (Å²) in [5, 5.41) is 0.437. The number of ether oxygens (including phenoxy) is 2. The van der Waals surface area contributed by atoms with Crippen LogP contribution in [0.5, 0.6) is 11.5 Å². The van der Waals surface area contributed by atoms with Gasteiger partial charge in [-0.15, -0.1) is 0 Å². The second-order valence-corrected chi connectivity index (χ2v) is 9.69. The summed E-state index contributed by atoms with van der Waals surface area (Å²) in [5.74, 6) is 0.775. The zero-order valence-electron chi connectivity index (χ0n) is 19.2. The lowest BCUT2D eigenvalue weighted by Gasteiger charge is -2.15. The number of halogens is 2. The van der Waals surface area contributed by atoms with E-state index in [1.165, 1.54) is 0 Å². The summed E-state index contributed by atoms with van der Waals surface area (Å²) in [4.78, 5) is 27.0. The SMILES string of the molecule is CCOc1cc(/C=C2\SC(=O)N(Cc3c(Cl)cccc3Cl)C2=O)ccc1OCc1cccc(C)c1. The van der Waals surface area contributed by atoms with Crippen molar-refractivity contribution in [3.63, 3.8) is 0 Å². The Morgan fingerprint density at radius 2 is 1.69 bits per heavy atom. The van der Waals surface area contributed by atoms with Crippen LogP contribution in [-0.2, 0) is 17.9 Å². The van der Waals surface area contributed by atoms with E-state index in [4.69, 9.17) is 32.7 Å². The zero-order chi connectivity index (χ0) is 24.9. The number of carbonyl (C=O) groups excluding carboxylic acids is 2. The van der Waals surface area contributed by atoms with Gasteiger partial charge in [-0.25, -0.2) is 0 Å². The molecule has 1 heterocycles. The molecule has 8 heteroatoms. The van der Waals surface area contributed by atoms with Crippen LogP contribution in [0.25, 0.3) is 6.08 Å². The number of hydrogen-bond donors (Lipinski definition) is 0. The predicted molar refractivity (Wildman–Crippen MR) is 141 cm³/mol. The molecule has 0 unspecified atom stereocenters. The van der Waals surface area contributed by atoms with E-state index in [1.54, 1.807) is 36.4 Å². The third-order valence-electron chi connectivity index (χ3n) is 5.29. The minimum atomic E-state index is -0.395. The highest BCUT2D eigenvalue weighted by Crippen LogP contribution is 2.37. The van der Waals surface area contributed by atoms with Crippen LogP contribution in [0.15, 0.2) is 65.6 Å². The maximum atomic E-state index is 13.0. The van der Waals surface area contributed by atoms with E-state index in [-0.39, 0.29) is 11.8 Å². The Morgan fingerprint density at radius 1 is 0.943 bits per heavy atom. The highest BCUT2D eigenvalue weighted by atomic mass is 35.5. The molecule has 0 saturated carbocycles. The number of imide groups is 1. The van der Waals surface area contributed by atoms with Crippen LogP contribution in [0.3, 0.4) is 0 Å². The summed E-state index contributed by atoms with van der Waals surface area (Å²) in [6.07, 6.45) is 1.67. The Morgan fingerprint density at radius 3 is 2.40 bits per heavy atom. The molecule has 1 aliphatic heterocycles. The predicted octanol–water partition coefficient (Wildman–Crippen LogP) is 7.52. The molecular formula is C27H23Cl2NO4S. The van der Waals surface area contributed by atoms with Crippen LogP contribution in [0.1, 0.15) is 29.2 Å². The Bertz CT molecular complexity index is 1290.